The van der Waals surface area contributed by atoms with Crippen LogP contribution in [-0.2, 0) is 10.8 Å². The van der Waals surface area contributed by atoms with Gasteiger partial charge in [-0.3, -0.25) is 0 Å². The van der Waals surface area contributed by atoms with Gasteiger partial charge in [-0.15, -0.1) is 0 Å². The fourth-order valence-corrected chi connectivity index (χ4v) is 12.6. The lowest BCUT2D eigenvalue weighted by Gasteiger charge is -2.45. The number of fused-ring (bicyclic) bond motifs is 12. The van der Waals surface area contributed by atoms with Crippen LogP contribution in [0.4, 0.5) is 34.1 Å². The lowest BCUT2D eigenvalue weighted by Crippen LogP contribution is -2.36. The van der Waals surface area contributed by atoms with Gasteiger partial charge in [0.05, 0.1) is 22.5 Å². The highest BCUT2D eigenvalue weighted by atomic mass is 15.2. The summed E-state index contributed by atoms with van der Waals surface area (Å²) in [5, 5.41) is 0. The highest BCUT2D eigenvalue weighted by Gasteiger charge is 2.52. The number of hydrogen-bond acceptors (Lipinski definition) is 2. The van der Waals surface area contributed by atoms with E-state index in [0.29, 0.717) is 0 Å². The van der Waals surface area contributed by atoms with Crippen molar-refractivity contribution in [1.82, 2.24) is 0 Å². The molecule has 0 aromatic heterocycles. The molecule has 2 aliphatic carbocycles. The summed E-state index contributed by atoms with van der Waals surface area (Å²) in [5.74, 6) is 0. The van der Waals surface area contributed by atoms with Crippen molar-refractivity contribution in [3.63, 3.8) is 0 Å². The van der Waals surface area contributed by atoms with Crippen LogP contribution in [0.1, 0.15) is 47.2 Å². The van der Waals surface area contributed by atoms with E-state index in [1.165, 1.54) is 100 Å². The molecule has 340 valence electrons. The summed E-state index contributed by atoms with van der Waals surface area (Å²) >= 11 is 0. The molecular formula is C70H50N2. The van der Waals surface area contributed by atoms with Crippen LogP contribution in [0, 0.1) is 0 Å². The SMILES string of the molecule is CC1(C)c2ccccc2-c2ccc(-c3ccc(-c4ccc(N(c5ccc(-c6ccccc6)cc5)c5cccc6c5-c5ccccc5C65c6ccccc6N(c6ccccc6)c6ccccc65)cc4)cc3)cc21. The summed E-state index contributed by atoms with van der Waals surface area (Å²) in [5.41, 5.74) is 26.6. The van der Waals surface area contributed by atoms with Gasteiger partial charge in [-0.25, -0.2) is 0 Å². The van der Waals surface area contributed by atoms with Gasteiger partial charge in [0.1, 0.15) is 0 Å². The molecule has 1 spiro atoms. The van der Waals surface area contributed by atoms with Crippen molar-refractivity contribution >= 4 is 34.1 Å². The third-order valence-corrected chi connectivity index (χ3v) is 15.9. The summed E-state index contributed by atoms with van der Waals surface area (Å²) in [6, 6.07) is 98.9. The van der Waals surface area contributed by atoms with E-state index in [4.69, 9.17) is 0 Å². The molecule has 0 radical (unpaired) electrons. The predicted octanol–water partition coefficient (Wildman–Crippen LogP) is 18.6. The van der Waals surface area contributed by atoms with E-state index in [-0.39, 0.29) is 5.41 Å². The van der Waals surface area contributed by atoms with Crippen LogP contribution in [0.15, 0.2) is 267 Å². The molecule has 0 N–H and O–H groups in total. The molecule has 2 heteroatoms. The number of hydrogen-bond donors (Lipinski definition) is 0. The van der Waals surface area contributed by atoms with E-state index in [0.717, 1.165) is 22.7 Å². The number of rotatable bonds is 7. The molecule has 0 unspecified atom stereocenters. The van der Waals surface area contributed by atoms with Crippen LogP contribution in [0.2, 0.25) is 0 Å². The van der Waals surface area contributed by atoms with Crippen molar-refractivity contribution < 1.29 is 0 Å². The maximum Gasteiger partial charge on any atom is 0.0755 e. The molecule has 0 fully saturated rings. The second-order valence-electron chi connectivity index (χ2n) is 20.0. The van der Waals surface area contributed by atoms with Gasteiger partial charge in [0.15, 0.2) is 0 Å². The minimum absolute atomic E-state index is 0.0384. The Morgan fingerprint density at radius 3 is 1.35 bits per heavy atom. The van der Waals surface area contributed by atoms with Crippen molar-refractivity contribution in [2.75, 3.05) is 9.80 Å². The first-order valence-corrected chi connectivity index (χ1v) is 25.2. The van der Waals surface area contributed by atoms with Gasteiger partial charge in [0.2, 0.25) is 0 Å². The highest BCUT2D eigenvalue weighted by Crippen LogP contribution is 2.65. The molecule has 11 aromatic rings. The van der Waals surface area contributed by atoms with Gasteiger partial charge in [-0.2, -0.15) is 0 Å². The van der Waals surface area contributed by atoms with Gasteiger partial charge in [0, 0.05) is 28.0 Å². The Balaban J connectivity index is 0.897. The van der Waals surface area contributed by atoms with Gasteiger partial charge in [0.25, 0.3) is 0 Å². The zero-order chi connectivity index (χ0) is 48.0. The standard InChI is InChI=1S/C70H50N2/c1-69(2)59-24-11-9-22-56(59)57-45-40-52(46-64(57)69)51-34-32-48(33-35-51)50-38-43-55(44-39-50)71(54-41-36-49(37-42-54)47-18-5-3-6-19-47)67-31-17-28-63-68(67)58-23-10-12-25-60(58)70(63)61-26-13-15-29-65(61)72(53-20-7-4-8-21-53)66-30-16-14-27-62(66)70/h3-46H,1-2H3. The third-order valence-electron chi connectivity index (χ3n) is 15.9. The van der Waals surface area contributed by atoms with Crippen LogP contribution in [0.3, 0.4) is 0 Å². The van der Waals surface area contributed by atoms with Crippen LogP contribution >= 0.6 is 0 Å². The summed E-state index contributed by atoms with van der Waals surface area (Å²) in [6.07, 6.45) is 0. The molecule has 3 aliphatic rings. The first-order chi connectivity index (χ1) is 35.5. The Kier molecular flexibility index (Phi) is 9.50. The zero-order valence-corrected chi connectivity index (χ0v) is 40.3. The van der Waals surface area contributed by atoms with Crippen LogP contribution in [0.5, 0.6) is 0 Å². The van der Waals surface area contributed by atoms with E-state index in [1.807, 2.05) is 0 Å². The molecule has 0 amide bonds. The van der Waals surface area contributed by atoms with E-state index < -0.39 is 5.41 Å². The van der Waals surface area contributed by atoms with Crippen molar-refractivity contribution in [2.24, 2.45) is 0 Å². The largest absolute Gasteiger partial charge is 0.310 e. The van der Waals surface area contributed by atoms with Gasteiger partial charge < -0.3 is 9.80 Å². The molecular weight excluding hydrogens is 869 g/mol. The molecule has 72 heavy (non-hydrogen) atoms. The van der Waals surface area contributed by atoms with Gasteiger partial charge >= 0.3 is 0 Å². The fraction of sp³-hybridized carbons (Fsp3) is 0.0571. The minimum Gasteiger partial charge on any atom is -0.310 e. The summed E-state index contributed by atoms with van der Waals surface area (Å²) < 4.78 is 0. The average Bonchev–Trinajstić information content (AvgIpc) is 3.87. The Hall–Kier alpha value is -8.98. The highest BCUT2D eigenvalue weighted by molar-refractivity contribution is 6.01. The molecule has 0 bridgehead atoms. The smallest absolute Gasteiger partial charge is 0.0755 e. The zero-order valence-electron chi connectivity index (χ0n) is 40.3. The lowest BCUT2D eigenvalue weighted by atomic mass is 9.64. The van der Waals surface area contributed by atoms with E-state index in [2.05, 4.69) is 291 Å². The van der Waals surface area contributed by atoms with Gasteiger partial charge in [-0.05, 0) is 144 Å². The quantitative estimate of drug-likeness (QED) is 0.157. The van der Waals surface area contributed by atoms with E-state index in [9.17, 15) is 0 Å². The van der Waals surface area contributed by atoms with Crippen LogP contribution in [0.25, 0.3) is 55.6 Å². The topological polar surface area (TPSA) is 6.48 Å². The number of para-hydroxylation sites is 3. The monoisotopic (exact) mass is 918 g/mol. The summed E-state index contributed by atoms with van der Waals surface area (Å²) in [6.45, 7) is 4.70. The Morgan fingerprint density at radius 1 is 0.306 bits per heavy atom. The molecule has 14 rings (SSSR count). The summed E-state index contributed by atoms with van der Waals surface area (Å²) in [4.78, 5) is 4.92. The Labute approximate surface area is 422 Å². The summed E-state index contributed by atoms with van der Waals surface area (Å²) in [7, 11) is 0. The Morgan fingerprint density at radius 2 is 0.736 bits per heavy atom. The fourth-order valence-electron chi connectivity index (χ4n) is 12.6. The minimum atomic E-state index is -0.569. The number of nitrogens with zero attached hydrogens (tertiary/aromatic N) is 2. The molecule has 1 heterocycles. The van der Waals surface area contributed by atoms with Gasteiger partial charge in [-0.1, -0.05) is 220 Å². The predicted molar refractivity (Wildman–Crippen MR) is 301 cm³/mol. The molecule has 11 aromatic carbocycles. The van der Waals surface area contributed by atoms with Crippen molar-refractivity contribution in [2.45, 2.75) is 24.7 Å². The second kappa shape index (κ2) is 16.3. The molecule has 2 nitrogen and oxygen atoms in total. The number of benzene rings is 11. The van der Waals surface area contributed by atoms with E-state index in [1.54, 1.807) is 0 Å². The van der Waals surface area contributed by atoms with Crippen molar-refractivity contribution in [1.29, 1.82) is 0 Å². The normalized spacial score (nSPS) is 13.9. The first kappa shape index (κ1) is 41.9. The molecule has 0 saturated carbocycles. The van der Waals surface area contributed by atoms with E-state index >= 15 is 0 Å². The molecule has 1 aliphatic heterocycles. The Bertz CT molecular complexity index is 3820. The average molecular weight is 919 g/mol. The molecule has 0 atom stereocenters. The second-order valence-corrected chi connectivity index (χ2v) is 20.0. The first-order valence-electron chi connectivity index (χ1n) is 25.2. The third kappa shape index (κ3) is 6.22. The van der Waals surface area contributed by atoms with Crippen LogP contribution in [-0.4, -0.2) is 0 Å². The van der Waals surface area contributed by atoms with Crippen molar-refractivity contribution in [3.05, 3.63) is 300 Å². The maximum absolute atomic E-state index is 2.47. The lowest BCUT2D eigenvalue weighted by molar-refractivity contribution is 0.660. The maximum atomic E-state index is 2.47. The molecule has 0 saturated heterocycles. The van der Waals surface area contributed by atoms with Crippen LogP contribution < -0.4 is 9.80 Å². The number of anilines is 6. The van der Waals surface area contributed by atoms with Crippen molar-refractivity contribution in [3.8, 4) is 55.6 Å².